The maximum Gasteiger partial charge on any atom is 0.124 e. The van der Waals surface area contributed by atoms with Crippen LogP contribution in [0, 0.1) is 0 Å². The summed E-state index contributed by atoms with van der Waals surface area (Å²) in [5, 5.41) is 5.46. The molecule has 1 heterocycles. The van der Waals surface area contributed by atoms with E-state index < -0.39 is 0 Å². The third-order valence-electron chi connectivity index (χ3n) is 2.82. The van der Waals surface area contributed by atoms with Crippen molar-refractivity contribution in [3.63, 3.8) is 0 Å². The Morgan fingerprint density at radius 3 is 2.21 bits per heavy atom. The summed E-state index contributed by atoms with van der Waals surface area (Å²) in [4.78, 5) is 0. The maximum absolute atomic E-state index is 5.95. The summed E-state index contributed by atoms with van der Waals surface area (Å²) in [6.07, 6.45) is 0. The van der Waals surface area contributed by atoms with Crippen LogP contribution >= 0.6 is 22.9 Å². The van der Waals surface area contributed by atoms with Gasteiger partial charge in [0.15, 0.2) is 0 Å². The average molecular weight is 298 g/mol. The number of methoxy groups -OCH3 is 2. The van der Waals surface area contributed by atoms with Gasteiger partial charge in [0.25, 0.3) is 0 Å². The summed E-state index contributed by atoms with van der Waals surface area (Å²) < 4.78 is 11.3. The lowest BCUT2D eigenvalue weighted by atomic mass is 10.1. The number of hydrogen-bond acceptors (Lipinski definition) is 4. The van der Waals surface area contributed by atoms with Crippen molar-refractivity contribution < 1.29 is 9.47 Å². The van der Waals surface area contributed by atoms with Crippen LogP contribution in [0.15, 0.2) is 29.6 Å². The highest BCUT2D eigenvalue weighted by atomic mass is 35.5. The average Bonchev–Trinajstić information content (AvgIpc) is 2.85. The van der Waals surface area contributed by atoms with Gasteiger partial charge in [0, 0.05) is 29.9 Å². The lowest BCUT2D eigenvalue weighted by molar-refractivity contribution is 0.394. The Hall–Kier alpha value is -1.39. The van der Waals surface area contributed by atoms with Crippen LogP contribution in [0.2, 0.25) is 4.34 Å². The van der Waals surface area contributed by atoms with E-state index in [4.69, 9.17) is 21.1 Å². The Kier molecular flexibility index (Phi) is 4.56. The Labute approximate surface area is 122 Å². The zero-order valence-corrected chi connectivity index (χ0v) is 12.6. The molecule has 1 unspecified atom stereocenters. The number of benzene rings is 1. The molecule has 2 rings (SSSR count). The Morgan fingerprint density at radius 1 is 1.11 bits per heavy atom. The molecule has 0 spiro atoms. The lowest BCUT2D eigenvalue weighted by Crippen LogP contribution is -2.05. The van der Waals surface area contributed by atoms with Crippen LogP contribution in [0.5, 0.6) is 11.5 Å². The van der Waals surface area contributed by atoms with Crippen molar-refractivity contribution in [2.75, 3.05) is 19.5 Å². The molecule has 0 radical (unpaired) electrons. The Balaban J connectivity index is 2.18. The molecule has 0 bridgehead atoms. The van der Waals surface area contributed by atoms with Gasteiger partial charge in [0.05, 0.1) is 18.6 Å². The van der Waals surface area contributed by atoms with Crippen LogP contribution < -0.4 is 14.8 Å². The van der Waals surface area contributed by atoms with Crippen molar-refractivity contribution in [1.82, 2.24) is 0 Å². The molecule has 0 amide bonds. The molecule has 0 aliphatic rings. The molecule has 3 nitrogen and oxygen atoms in total. The van der Waals surface area contributed by atoms with Crippen LogP contribution in [-0.4, -0.2) is 14.2 Å². The fourth-order valence-corrected chi connectivity index (χ4v) is 2.76. The second-order valence-electron chi connectivity index (χ2n) is 4.15. The van der Waals surface area contributed by atoms with Crippen LogP contribution in [0.25, 0.3) is 0 Å². The van der Waals surface area contributed by atoms with Gasteiger partial charge in [0.1, 0.15) is 11.5 Å². The van der Waals surface area contributed by atoms with E-state index in [2.05, 4.69) is 17.6 Å². The van der Waals surface area contributed by atoms with Gasteiger partial charge >= 0.3 is 0 Å². The van der Waals surface area contributed by atoms with Crippen molar-refractivity contribution >= 4 is 28.6 Å². The number of thiophene rings is 1. The summed E-state index contributed by atoms with van der Waals surface area (Å²) in [6, 6.07) is 7.86. The van der Waals surface area contributed by atoms with Crippen molar-refractivity contribution in [2.45, 2.75) is 13.0 Å². The molecule has 0 aliphatic heterocycles. The molecule has 0 saturated heterocycles. The number of anilines is 1. The molecule has 0 fully saturated rings. The molecule has 102 valence electrons. The predicted octanol–water partition coefficient (Wildman–Crippen LogP) is 4.59. The van der Waals surface area contributed by atoms with Gasteiger partial charge in [-0.2, -0.15) is 0 Å². The second-order valence-corrected chi connectivity index (χ2v) is 5.69. The van der Waals surface area contributed by atoms with Gasteiger partial charge in [-0.1, -0.05) is 11.6 Å². The first kappa shape index (κ1) is 14.0. The fraction of sp³-hybridized carbons (Fsp3) is 0.286. The third-order valence-corrected chi connectivity index (χ3v) is 3.93. The quantitative estimate of drug-likeness (QED) is 0.875. The number of nitrogens with one attached hydrogen (secondary N) is 1. The monoisotopic (exact) mass is 297 g/mol. The van der Waals surface area contributed by atoms with Crippen LogP contribution in [-0.2, 0) is 0 Å². The summed E-state index contributed by atoms with van der Waals surface area (Å²) in [7, 11) is 3.28. The normalized spacial score (nSPS) is 12.0. The van der Waals surface area contributed by atoms with Crippen molar-refractivity contribution in [2.24, 2.45) is 0 Å². The first-order chi connectivity index (χ1) is 9.12. The van der Waals surface area contributed by atoms with Crippen molar-refractivity contribution in [1.29, 1.82) is 0 Å². The highest BCUT2D eigenvalue weighted by Gasteiger charge is 2.09. The smallest absolute Gasteiger partial charge is 0.124 e. The minimum absolute atomic E-state index is 0.167. The second kappa shape index (κ2) is 6.17. The van der Waals surface area contributed by atoms with E-state index >= 15 is 0 Å². The zero-order valence-electron chi connectivity index (χ0n) is 11.1. The van der Waals surface area contributed by atoms with E-state index in [9.17, 15) is 0 Å². The molecule has 5 heteroatoms. The number of halogens is 1. The van der Waals surface area contributed by atoms with E-state index in [1.807, 2.05) is 24.3 Å². The van der Waals surface area contributed by atoms with Crippen LogP contribution in [0.1, 0.15) is 18.5 Å². The van der Waals surface area contributed by atoms with Gasteiger partial charge in [0.2, 0.25) is 0 Å². The molecule has 1 N–H and O–H groups in total. The largest absolute Gasteiger partial charge is 0.497 e. The standard InChI is InChI=1S/C14H16ClNO2S/c1-9(10-4-14(15)19-8-10)16-11-5-12(17-2)7-13(6-11)18-3/h4-9,16H,1-3H3. The van der Waals surface area contributed by atoms with Crippen LogP contribution in [0.4, 0.5) is 5.69 Å². The van der Waals surface area contributed by atoms with Gasteiger partial charge in [-0.15, -0.1) is 11.3 Å². The van der Waals surface area contributed by atoms with Crippen molar-refractivity contribution in [3.8, 4) is 11.5 Å². The zero-order chi connectivity index (χ0) is 13.8. The minimum atomic E-state index is 0.167. The highest BCUT2D eigenvalue weighted by Crippen LogP contribution is 2.30. The number of ether oxygens (including phenoxy) is 2. The van der Waals surface area contributed by atoms with E-state index in [0.717, 1.165) is 27.1 Å². The summed E-state index contributed by atoms with van der Waals surface area (Å²) >= 11 is 7.49. The van der Waals surface area contributed by atoms with Gasteiger partial charge in [-0.25, -0.2) is 0 Å². The van der Waals surface area contributed by atoms with Crippen LogP contribution in [0.3, 0.4) is 0 Å². The summed E-state index contributed by atoms with van der Waals surface area (Å²) in [5.74, 6) is 1.52. The molecule has 0 aliphatic carbocycles. The minimum Gasteiger partial charge on any atom is -0.497 e. The topological polar surface area (TPSA) is 30.5 Å². The van der Waals surface area contributed by atoms with E-state index in [1.54, 1.807) is 14.2 Å². The SMILES string of the molecule is COc1cc(NC(C)c2csc(Cl)c2)cc(OC)c1. The first-order valence-corrected chi connectivity index (χ1v) is 7.11. The highest BCUT2D eigenvalue weighted by molar-refractivity contribution is 7.14. The molecule has 1 atom stereocenters. The maximum atomic E-state index is 5.95. The molecular formula is C14H16ClNO2S. The summed E-state index contributed by atoms with van der Waals surface area (Å²) in [5.41, 5.74) is 2.11. The Bertz CT molecular complexity index is 534. The molecule has 1 aromatic carbocycles. The Morgan fingerprint density at radius 2 is 1.74 bits per heavy atom. The van der Waals surface area contributed by atoms with E-state index in [0.29, 0.717) is 0 Å². The molecule has 1 aromatic heterocycles. The third kappa shape index (κ3) is 3.55. The van der Waals surface area contributed by atoms with Gasteiger partial charge < -0.3 is 14.8 Å². The van der Waals surface area contributed by atoms with Crippen molar-refractivity contribution in [3.05, 3.63) is 39.5 Å². The van der Waals surface area contributed by atoms with E-state index in [1.165, 1.54) is 11.3 Å². The molecule has 19 heavy (non-hydrogen) atoms. The molecule has 0 saturated carbocycles. The van der Waals surface area contributed by atoms with Gasteiger partial charge in [-0.3, -0.25) is 0 Å². The lowest BCUT2D eigenvalue weighted by Gasteiger charge is -2.16. The van der Waals surface area contributed by atoms with Gasteiger partial charge in [-0.05, 0) is 23.9 Å². The number of rotatable bonds is 5. The number of hydrogen-bond donors (Lipinski definition) is 1. The summed E-state index contributed by atoms with van der Waals surface area (Å²) in [6.45, 7) is 2.09. The molecule has 2 aromatic rings. The predicted molar refractivity (Wildman–Crippen MR) is 80.9 cm³/mol. The van der Waals surface area contributed by atoms with E-state index in [-0.39, 0.29) is 6.04 Å². The fourth-order valence-electron chi connectivity index (χ4n) is 1.77. The molecular weight excluding hydrogens is 282 g/mol. The first-order valence-electron chi connectivity index (χ1n) is 5.86.